The number of esters is 1. The van der Waals surface area contributed by atoms with E-state index < -0.39 is 11.8 Å². The Hall–Kier alpha value is -2.17. The summed E-state index contributed by atoms with van der Waals surface area (Å²) < 4.78 is 20.2. The monoisotopic (exact) mass is 276 g/mol. The quantitative estimate of drug-likeness (QED) is 0.806. The molecule has 1 aromatic heterocycles. The molecule has 1 aromatic carbocycles. The summed E-state index contributed by atoms with van der Waals surface area (Å²) in [6, 6.07) is 4.22. The second kappa shape index (κ2) is 5.86. The Morgan fingerprint density at radius 2 is 2.10 bits per heavy atom. The molecule has 0 spiro atoms. The van der Waals surface area contributed by atoms with Crippen LogP contribution >= 0.6 is 0 Å². The van der Waals surface area contributed by atoms with Gasteiger partial charge in [0.25, 0.3) is 0 Å². The maximum Gasteiger partial charge on any atom is 0.337 e. The van der Waals surface area contributed by atoms with Crippen molar-refractivity contribution >= 4 is 5.97 Å². The zero-order chi connectivity index (χ0) is 14.7. The van der Waals surface area contributed by atoms with Crippen LogP contribution in [0.1, 0.15) is 29.8 Å². The van der Waals surface area contributed by atoms with Gasteiger partial charge >= 0.3 is 5.97 Å². The van der Waals surface area contributed by atoms with E-state index in [0.29, 0.717) is 12.1 Å². The summed E-state index contributed by atoms with van der Waals surface area (Å²) in [5.41, 5.74) is 2.71. The largest absolute Gasteiger partial charge is 0.465 e. The van der Waals surface area contributed by atoms with Gasteiger partial charge in [-0.15, -0.1) is 0 Å². The topological polar surface area (TPSA) is 44.1 Å². The minimum absolute atomic E-state index is 0.202. The van der Waals surface area contributed by atoms with Crippen LogP contribution in [0.2, 0.25) is 0 Å². The molecule has 1 heterocycles. The molecule has 0 unspecified atom stereocenters. The third-order valence-electron chi connectivity index (χ3n) is 3.19. The molecule has 0 N–H and O–H groups in total. The lowest BCUT2D eigenvalue weighted by atomic mass is 10.0. The first kappa shape index (κ1) is 14.2. The van der Waals surface area contributed by atoms with Gasteiger partial charge in [-0.05, 0) is 37.1 Å². The molecule has 0 atom stereocenters. The maximum absolute atomic E-state index is 13.8. The Labute approximate surface area is 117 Å². The van der Waals surface area contributed by atoms with Crippen LogP contribution in [0.15, 0.2) is 24.4 Å². The Balaban J connectivity index is 2.60. The number of hydrogen-bond donors (Lipinski definition) is 0. The first-order chi connectivity index (χ1) is 9.60. The molecule has 0 fully saturated rings. The standard InChI is InChI=1S/C15H17FN2O2/c1-4-10-9-17-18(5-2)14(10)11-6-12(15(19)20-3)8-13(16)7-11/h6-9H,4-5H2,1-3H3. The zero-order valence-electron chi connectivity index (χ0n) is 11.8. The van der Waals surface area contributed by atoms with E-state index in [1.54, 1.807) is 16.9 Å². The summed E-state index contributed by atoms with van der Waals surface area (Å²) in [6.45, 7) is 4.66. The number of rotatable bonds is 4. The average molecular weight is 276 g/mol. The molecule has 0 amide bonds. The van der Waals surface area contributed by atoms with Gasteiger partial charge in [0.15, 0.2) is 0 Å². The van der Waals surface area contributed by atoms with E-state index in [2.05, 4.69) is 9.84 Å². The highest BCUT2D eigenvalue weighted by Gasteiger charge is 2.15. The Kier molecular flexibility index (Phi) is 4.17. The molecule has 0 aliphatic carbocycles. The lowest BCUT2D eigenvalue weighted by molar-refractivity contribution is 0.0600. The van der Waals surface area contributed by atoms with Crippen molar-refractivity contribution in [1.82, 2.24) is 9.78 Å². The molecule has 0 bridgehead atoms. The molecule has 20 heavy (non-hydrogen) atoms. The molecule has 2 rings (SSSR count). The van der Waals surface area contributed by atoms with Gasteiger partial charge in [0, 0.05) is 12.1 Å². The van der Waals surface area contributed by atoms with E-state index >= 15 is 0 Å². The van der Waals surface area contributed by atoms with Gasteiger partial charge in [0.05, 0.1) is 24.6 Å². The molecule has 0 aliphatic rings. The van der Waals surface area contributed by atoms with E-state index in [9.17, 15) is 9.18 Å². The smallest absolute Gasteiger partial charge is 0.337 e. The maximum atomic E-state index is 13.8. The van der Waals surface area contributed by atoms with E-state index in [4.69, 9.17) is 0 Å². The first-order valence-corrected chi connectivity index (χ1v) is 6.54. The highest BCUT2D eigenvalue weighted by atomic mass is 19.1. The molecule has 2 aromatic rings. The van der Waals surface area contributed by atoms with E-state index in [1.807, 2.05) is 13.8 Å². The van der Waals surface area contributed by atoms with Crippen molar-refractivity contribution in [3.8, 4) is 11.3 Å². The summed E-state index contributed by atoms with van der Waals surface area (Å²) in [5.74, 6) is -1.01. The van der Waals surface area contributed by atoms with Crippen LogP contribution < -0.4 is 0 Å². The molecule has 106 valence electrons. The fourth-order valence-electron chi connectivity index (χ4n) is 2.22. The van der Waals surface area contributed by atoms with Gasteiger partial charge in [-0.1, -0.05) is 6.92 Å². The normalized spacial score (nSPS) is 10.6. The summed E-state index contributed by atoms with van der Waals surface area (Å²) >= 11 is 0. The van der Waals surface area contributed by atoms with Crippen molar-refractivity contribution in [2.24, 2.45) is 0 Å². The van der Waals surface area contributed by atoms with Gasteiger partial charge in [-0.25, -0.2) is 9.18 Å². The molecule has 4 nitrogen and oxygen atoms in total. The second-order valence-corrected chi connectivity index (χ2v) is 4.41. The zero-order valence-corrected chi connectivity index (χ0v) is 11.8. The fraction of sp³-hybridized carbons (Fsp3) is 0.333. The number of nitrogens with zero attached hydrogens (tertiary/aromatic N) is 2. The number of carbonyl (C=O) groups is 1. The highest BCUT2D eigenvalue weighted by Crippen LogP contribution is 2.26. The number of hydrogen-bond acceptors (Lipinski definition) is 3. The van der Waals surface area contributed by atoms with Crippen LogP contribution in [-0.4, -0.2) is 22.9 Å². The summed E-state index contributed by atoms with van der Waals surface area (Å²) in [6.07, 6.45) is 2.57. The number of ether oxygens (including phenoxy) is 1. The molecular formula is C15H17FN2O2. The number of benzene rings is 1. The van der Waals surface area contributed by atoms with Gasteiger partial charge in [-0.3, -0.25) is 4.68 Å². The van der Waals surface area contributed by atoms with Crippen molar-refractivity contribution in [3.63, 3.8) is 0 Å². The fourth-order valence-corrected chi connectivity index (χ4v) is 2.22. The van der Waals surface area contributed by atoms with Crippen molar-refractivity contribution in [2.45, 2.75) is 26.8 Å². The average Bonchev–Trinajstić information content (AvgIpc) is 2.88. The van der Waals surface area contributed by atoms with Crippen LogP contribution in [-0.2, 0) is 17.7 Å². The Bertz CT molecular complexity index is 613. The lowest BCUT2D eigenvalue weighted by Crippen LogP contribution is -2.04. The SMILES string of the molecule is CCc1cnn(CC)c1-c1cc(F)cc(C(=O)OC)c1. The molecule has 0 radical (unpaired) electrons. The number of halogens is 1. The number of aromatic nitrogens is 2. The van der Waals surface area contributed by atoms with Crippen LogP contribution in [0.5, 0.6) is 0 Å². The number of aryl methyl sites for hydroxylation is 2. The first-order valence-electron chi connectivity index (χ1n) is 6.54. The molecular weight excluding hydrogens is 259 g/mol. The molecule has 0 aliphatic heterocycles. The van der Waals surface area contributed by atoms with E-state index in [-0.39, 0.29) is 5.56 Å². The van der Waals surface area contributed by atoms with Crippen LogP contribution in [0.3, 0.4) is 0 Å². The number of carbonyl (C=O) groups excluding carboxylic acids is 1. The summed E-state index contributed by atoms with van der Waals surface area (Å²) in [7, 11) is 1.28. The van der Waals surface area contributed by atoms with Crippen LogP contribution in [0.25, 0.3) is 11.3 Å². The van der Waals surface area contributed by atoms with Crippen molar-refractivity contribution in [2.75, 3.05) is 7.11 Å². The minimum atomic E-state index is -0.550. The Morgan fingerprint density at radius 1 is 1.35 bits per heavy atom. The second-order valence-electron chi connectivity index (χ2n) is 4.41. The minimum Gasteiger partial charge on any atom is -0.465 e. The molecule has 0 saturated heterocycles. The summed E-state index contributed by atoms with van der Waals surface area (Å²) in [5, 5.41) is 4.28. The van der Waals surface area contributed by atoms with E-state index in [0.717, 1.165) is 17.7 Å². The predicted octanol–water partition coefficient (Wildman–Crippen LogP) is 3.06. The van der Waals surface area contributed by atoms with Crippen molar-refractivity contribution in [3.05, 3.63) is 41.3 Å². The van der Waals surface area contributed by atoms with Crippen molar-refractivity contribution < 1.29 is 13.9 Å². The van der Waals surface area contributed by atoms with E-state index in [1.165, 1.54) is 19.2 Å². The summed E-state index contributed by atoms with van der Waals surface area (Å²) in [4.78, 5) is 11.6. The molecule has 0 saturated carbocycles. The van der Waals surface area contributed by atoms with Crippen molar-refractivity contribution in [1.29, 1.82) is 0 Å². The predicted molar refractivity (Wildman–Crippen MR) is 74.0 cm³/mol. The van der Waals surface area contributed by atoms with Gasteiger partial charge in [0.1, 0.15) is 5.82 Å². The Morgan fingerprint density at radius 3 is 2.70 bits per heavy atom. The van der Waals surface area contributed by atoms with Gasteiger partial charge < -0.3 is 4.74 Å². The van der Waals surface area contributed by atoms with Gasteiger partial charge in [-0.2, -0.15) is 5.10 Å². The molecule has 5 heteroatoms. The highest BCUT2D eigenvalue weighted by molar-refractivity contribution is 5.91. The third-order valence-corrected chi connectivity index (χ3v) is 3.19. The van der Waals surface area contributed by atoms with Crippen LogP contribution in [0, 0.1) is 5.82 Å². The third kappa shape index (κ3) is 2.57. The lowest BCUT2D eigenvalue weighted by Gasteiger charge is -2.09. The van der Waals surface area contributed by atoms with Crippen LogP contribution in [0.4, 0.5) is 4.39 Å². The van der Waals surface area contributed by atoms with Gasteiger partial charge in [0.2, 0.25) is 0 Å². The number of methoxy groups -OCH3 is 1.